The molecule has 8 heteroatoms. The van der Waals surface area contributed by atoms with Gasteiger partial charge in [0.05, 0.1) is 0 Å². The number of rotatable bonds is 10. The number of carboxylic acids is 1. The molecule has 1 aromatic carbocycles. The Morgan fingerprint density at radius 3 is 2.71 bits per heavy atom. The van der Waals surface area contributed by atoms with E-state index < -0.39 is 29.6 Å². The van der Waals surface area contributed by atoms with Crippen molar-refractivity contribution in [2.24, 2.45) is 0 Å². The maximum atomic E-state index is 12.3. The average Bonchev–Trinajstić information content (AvgIpc) is 2.64. The molecule has 0 aliphatic rings. The summed E-state index contributed by atoms with van der Waals surface area (Å²) < 4.78 is 10.9. The van der Waals surface area contributed by atoms with Gasteiger partial charge in [-0.05, 0) is 49.5 Å². The number of thioether (sulfide) groups is 1. The number of carboxylic acid groups (broad SMARTS) is 1. The zero-order valence-electron chi connectivity index (χ0n) is 16.2. The van der Waals surface area contributed by atoms with Crippen LogP contribution in [-0.2, 0) is 16.0 Å². The first-order chi connectivity index (χ1) is 13.3. The van der Waals surface area contributed by atoms with E-state index in [1.807, 2.05) is 13.2 Å². The number of carbonyl (C=O) groups is 2. The maximum absolute atomic E-state index is 12.3. The smallest absolute Gasteiger partial charge is 0.336 e. The van der Waals surface area contributed by atoms with Crippen LogP contribution in [0.2, 0.25) is 0 Å². The first-order valence-corrected chi connectivity index (χ1v) is 10.5. The Labute approximate surface area is 167 Å². The number of fused-ring (bicyclic) bond motifs is 1. The van der Waals surface area contributed by atoms with Gasteiger partial charge >= 0.3 is 11.6 Å². The first kappa shape index (κ1) is 21.8. The van der Waals surface area contributed by atoms with Crippen molar-refractivity contribution in [3.63, 3.8) is 0 Å². The third-order valence-electron chi connectivity index (χ3n) is 4.23. The molecule has 2 unspecified atom stereocenters. The van der Waals surface area contributed by atoms with Gasteiger partial charge < -0.3 is 19.6 Å². The fraction of sp³-hybridized carbons (Fsp3) is 0.450. The summed E-state index contributed by atoms with van der Waals surface area (Å²) in [7, 11) is 0. The van der Waals surface area contributed by atoms with E-state index in [2.05, 4.69) is 5.32 Å². The molecular formula is C20H25NO6S. The summed E-state index contributed by atoms with van der Waals surface area (Å²) in [5, 5.41) is 12.5. The molecular weight excluding hydrogens is 382 g/mol. The molecule has 0 bridgehead atoms. The fourth-order valence-electron chi connectivity index (χ4n) is 2.80. The Bertz CT molecular complexity index is 894. The Morgan fingerprint density at radius 1 is 1.32 bits per heavy atom. The van der Waals surface area contributed by atoms with Gasteiger partial charge in [-0.25, -0.2) is 9.59 Å². The molecule has 2 rings (SSSR count). The second kappa shape index (κ2) is 10.2. The van der Waals surface area contributed by atoms with Crippen molar-refractivity contribution in [2.45, 2.75) is 45.3 Å². The van der Waals surface area contributed by atoms with Gasteiger partial charge in [-0.3, -0.25) is 4.79 Å². The van der Waals surface area contributed by atoms with Gasteiger partial charge in [0, 0.05) is 17.5 Å². The SMILES string of the molecule is CCCc1cc(=O)oc2cc(OC(C)C(=O)NC(CCSC)C(=O)O)ccc12. The van der Waals surface area contributed by atoms with E-state index in [0.717, 1.165) is 23.8 Å². The Morgan fingerprint density at radius 2 is 2.07 bits per heavy atom. The van der Waals surface area contributed by atoms with Crippen LogP contribution >= 0.6 is 11.8 Å². The number of hydrogen-bond acceptors (Lipinski definition) is 6. The van der Waals surface area contributed by atoms with E-state index in [4.69, 9.17) is 9.15 Å². The van der Waals surface area contributed by atoms with Crippen LogP contribution in [0.1, 0.15) is 32.3 Å². The summed E-state index contributed by atoms with van der Waals surface area (Å²) in [5.41, 5.74) is 0.866. The first-order valence-electron chi connectivity index (χ1n) is 9.11. The van der Waals surface area contributed by atoms with Crippen LogP contribution in [-0.4, -0.2) is 41.1 Å². The molecule has 0 aliphatic heterocycles. The van der Waals surface area contributed by atoms with Crippen molar-refractivity contribution in [1.82, 2.24) is 5.32 Å². The third kappa shape index (κ3) is 5.76. The highest BCUT2D eigenvalue weighted by Crippen LogP contribution is 2.24. The molecule has 0 saturated heterocycles. The van der Waals surface area contributed by atoms with E-state index in [1.165, 1.54) is 24.8 Å². The standard InChI is InChI=1S/C20H25NO6S/c1-4-5-13-10-18(22)27-17-11-14(6-7-15(13)17)26-12(2)19(23)21-16(20(24)25)8-9-28-3/h6-7,10-12,16H,4-5,8-9H2,1-3H3,(H,21,23)(H,24,25). The van der Waals surface area contributed by atoms with Gasteiger partial charge in [-0.15, -0.1) is 0 Å². The zero-order chi connectivity index (χ0) is 20.7. The van der Waals surface area contributed by atoms with Crippen LogP contribution < -0.4 is 15.7 Å². The van der Waals surface area contributed by atoms with Crippen LogP contribution in [0.15, 0.2) is 33.5 Å². The highest BCUT2D eigenvalue weighted by Gasteiger charge is 2.23. The van der Waals surface area contributed by atoms with Crippen molar-refractivity contribution < 1.29 is 23.8 Å². The number of aliphatic carboxylic acids is 1. The van der Waals surface area contributed by atoms with E-state index in [1.54, 1.807) is 18.2 Å². The summed E-state index contributed by atoms with van der Waals surface area (Å²) in [6.07, 6.45) is 2.95. The summed E-state index contributed by atoms with van der Waals surface area (Å²) in [6, 6.07) is 5.60. The molecule has 1 heterocycles. The molecule has 7 nitrogen and oxygen atoms in total. The molecule has 0 fully saturated rings. The minimum atomic E-state index is -1.08. The Balaban J connectivity index is 2.13. The predicted molar refractivity (Wildman–Crippen MR) is 109 cm³/mol. The molecule has 0 saturated carbocycles. The lowest BCUT2D eigenvalue weighted by atomic mass is 10.1. The fourth-order valence-corrected chi connectivity index (χ4v) is 3.27. The van der Waals surface area contributed by atoms with Crippen LogP contribution in [0.3, 0.4) is 0 Å². The van der Waals surface area contributed by atoms with Crippen molar-refractivity contribution in [3.8, 4) is 5.75 Å². The molecule has 28 heavy (non-hydrogen) atoms. The number of ether oxygens (including phenoxy) is 1. The van der Waals surface area contributed by atoms with Crippen molar-refractivity contribution in [1.29, 1.82) is 0 Å². The molecule has 1 amide bonds. The lowest BCUT2D eigenvalue weighted by Gasteiger charge is -2.19. The average molecular weight is 407 g/mol. The van der Waals surface area contributed by atoms with Crippen molar-refractivity contribution >= 4 is 34.6 Å². The van der Waals surface area contributed by atoms with Gasteiger partial charge in [-0.2, -0.15) is 11.8 Å². The summed E-state index contributed by atoms with van der Waals surface area (Å²) in [5.74, 6) is -0.612. The summed E-state index contributed by atoms with van der Waals surface area (Å²) in [4.78, 5) is 35.3. The van der Waals surface area contributed by atoms with Gasteiger partial charge in [-0.1, -0.05) is 13.3 Å². The van der Waals surface area contributed by atoms with Gasteiger partial charge in [0.1, 0.15) is 17.4 Å². The van der Waals surface area contributed by atoms with Crippen LogP contribution in [0.4, 0.5) is 0 Å². The lowest BCUT2D eigenvalue weighted by Crippen LogP contribution is -2.46. The minimum Gasteiger partial charge on any atom is -0.481 e. The highest BCUT2D eigenvalue weighted by molar-refractivity contribution is 7.98. The predicted octanol–water partition coefficient (Wildman–Crippen LogP) is 2.84. The van der Waals surface area contributed by atoms with Crippen molar-refractivity contribution in [2.75, 3.05) is 12.0 Å². The van der Waals surface area contributed by atoms with E-state index >= 15 is 0 Å². The highest BCUT2D eigenvalue weighted by atomic mass is 32.2. The summed E-state index contributed by atoms with van der Waals surface area (Å²) in [6.45, 7) is 3.57. The molecule has 0 spiro atoms. The molecule has 0 aliphatic carbocycles. The Hall–Kier alpha value is -2.48. The van der Waals surface area contributed by atoms with Gasteiger partial charge in [0.25, 0.3) is 5.91 Å². The number of nitrogens with one attached hydrogen (secondary N) is 1. The number of carbonyl (C=O) groups excluding carboxylic acids is 1. The van der Waals surface area contributed by atoms with E-state index in [-0.39, 0.29) is 0 Å². The Kier molecular flexibility index (Phi) is 7.92. The topological polar surface area (TPSA) is 106 Å². The van der Waals surface area contributed by atoms with Crippen LogP contribution in [0.5, 0.6) is 5.75 Å². The molecule has 2 N–H and O–H groups in total. The molecule has 152 valence electrons. The van der Waals surface area contributed by atoms with Gasteiger partial charge in [0.15, 0.2) is 6.10 Å². The summed E-state index contributed by atoms with van der Waals surface area (Å²) >= 11 is 1.51. The number of amides is 1. The monoisotopic (exact) mass is 407 g/mol. The minimum absolute atomic E-state index is 0.330. The quantitative estimate of drug-likeness (QED) is 0.583. The number of benzene rings is 1. The number of aryl methyl sites for hydroxylation is 1. The normalized spacial score (nSPS) is 13.1. The second-order valence-corrected chi connectivity index (χ2v) is 7.43. The van der Waals surface area contributed by atoms with E-state index in [0.29, 0.717) is 23.5 Å². The zero-order valence-corrected chi connectivity index (χ0v) is 17.0. The lowest BCUT2D eigenvalue weighted by molar-refractivity contribution is -0.142. The van der Waals surface area contributed by atoms with Crippen LogP contribution in [0.25, 0.3) is 11.0 Å². The largest absolute Gasteiger partial charge is 0.481 e. The van der Waals surface area contributed by atoms with Crippen LogP contribution in [0, 0.1) is 0 Å². The molecule has 2 atom stereocenters. The molecule has 0 radical (unpaired) electrons. The maximum Gasteiger partial charge on any atom is 0.336 e. The molecule has 2 aromatic rings. The second-order valence-electron chi connectivity index (χ2n) is 6.44. The molecule has 1 aromatic heterocycles. The van der Waals surface area contributed by atoms with Crippen molar-refractivity contribution in [3.05, 3.63) is 40.2 Å². The number of hydrogen-bond donors (Lipinski definition) is 2. The van der Waals surface area contributed by atoms with E-state index in [9.17, 15) is 19.5 Å². The third-order valence-corrected chi connectivity index (χ3v) is 4.87. The van der Waals surface area contributed by atoms with Gasteiger partial charge in [0.2, 0.25) is 0 Å².